The number of nitrogens with zero attached hydrogens (tertiary/aromatic N) is 1. The molecule has 2 aromatic rings. The maximum Gasteiger partial charge on any atom is 0.323 e. The molecule has 0 spiro atoms. The number of hydrogen-bond donors (Lipinski definition) is 2. The van der Waals surface area contributed by atoms with E-state index in [9.17, 15) is 4.79 Å². The van der Waals surface area contributed by atoms with Crippen LogP contribution in [-0.2, 0) is 0 Å². The van der Waals surface area contributed by atoms with Crippen molar-refractivity contribution in [2.45, 2.75) is 0 Å². The summed E-state index contributed by atoms with van der Waals surface area (Å²) in [5, 5.41) is 5.76. The third kappa shape index (κ3) is 4.48. The zero-order chi connectivity index (χ0) is 13.5. The van der Waals surface area contributed by atoms with Crippen LogP contribution in [0.3, 0.4) is 0 Å². The van der Waals surface area contributed by atoms with Gasteiger partial charge in [0.05, 0.1) is 0 Å². The lowest BCUT2D eigenvalue weighted by molar-refractivity contribution is 0.234. The van der Waals surface area contributed by atoms with Gasteiger partial charge in [-0.2, -0.15) is 0 Å². The molecule has 1 aromatic carbocycles. The summed E-state index contributed by atoms with van der Waals surface area (Å²) in [6, 6.07) is 11.7. The van der Waals surface area contributed by atoms with E-state index in [1.54, 1.807) is 48.7 Å². The summed E-state index contributed by atoms with van der Waals surface area (Å²) in [4.78, 5) is 15.5. The molecule has 5 nitrogen and oxygen atoms in total. The number of rotatable bonds is 4. The molecule has 0 bridgehead atoms. The molecule has 1 aromatic heterocycles. The summed E-state index contributed by atoms with van der Waals surface area (Å²) in [5.41, 5.74) is 0. The number of benzene rings is 1. The average Bonchev–Trinajstić information content (AvgIpc) is 2.42. The molecular weight excluding hydrogens is 266 g/mol. The fourth-order valence-corrected chi connectivity index (χ4v) is 1.44. The van der Waals surface area contributed by atoms with E-state index in [2.05, 4.69) is 15.6 Å². The molecule has 0 aliphatic heterocycles. The molecule has 0 unspecified atom stereocenters. The van der Waals surface area contributed by atoms with Crippen LogP contribution in [0.4, 0.5) is 10.6 Å². The van der Waals surface area contributed by atoms with Crippen LogP contribution in [-0.4, -0.2) is 17.7 Å². The summed E-state index contributed by atoms with van der Waals surface area (Å²) >= 11 is 5.74. The number of carbonyl (C=O) groups excluding carboxylic acids is 1. The Labute approximate surface area is 115 Å². The van der Waals surface area contributed by atoms with Gasteiger partial charge in [0, 0.05) is 11.2 Å². The van der Waals surface area contributed by atoms with Crippen molar-refractivity contribution in [2.24, 2.45) is 0 Å². The number of ether oxygens (including phenoxy) is 1. The number of amides is 2. The standard InChI is InChI=1S/C13H12ClN3O2/c14-10-4-6-11(7-5-10)19-9-16-13(18)17-12-3-1-2-8-15-12/h1-8H,9H2,(H2,15,16,17,18). The summed E-state index contributed by atoms with van der Waals surface area (Å²) in [5.74, 6) is 1.11. The van der Waals surface area contributed by atoms with E-state index in [-0.39, 0.29) is 12.8 Å². The first-order valence-electron chi connectivity index (χ1n) is 5.58. The molecule has 0 aliphatic rings. The van der Waals surface area contributed by atoms with E-state index in [1.165, 1.54) is 0 Å². The van der Waals surface area contributed by atoms with Crippen molar-refractivity contribution in [3.05, 3.63) is 53.7 Å². The third-order valence-corrected chi connectivity index (χ3v) is 2.44. The molecule has 1 heterocycles. The van der Waals surface area contributed by atoms with Crippen molar-refractivity contribution >= 4 is 23.4 Å². The maximum atomic E-state index is 11.5. The number of pyridine rings is 1. The van der Waals surface area contributed by atoms with Gasteiger partial charge in [-0.1, -0.05) is 17.7 Å². The monoisotopic (exact) mass is 277 g/mol. The molecule has 0 atom stereocenters. The zero-order valence-electron chi connectivity index (χ0n) is 9.97. The Hall–Kier alpha value is -2.27. The van der Waals surface area contributed by atoms with E-state index in [4.69, 9.17) is 16.3 Å². The van der Waals surface area contributed by atoms with E-state index in [0.717, 1.165) is 0 Å². The third-order valence-electron chi connectivity index (χ3n) is 2.19. The molecule has 0 saturated carbocycles. The predicted octanol–water partition coefficient (Wildman–Crippen LogP) is 2.89. The minimum Gasteiger partial charge on any atom is -0.473 e. The smallest absolute Gasteiger partial charge is 0.323 e. The minimum absolute atomic E-state index is 0.0559. The molecular formula is C13H12ClN3O2. The Balaban J connectivity index is 1.74. The number of aromatic nitrogens is 1. The fourth-order valence-electron chi connectivity index (χ4n) is 1.31. The quantitative estimate of drug-likeness (QED) is 0.845. The van der Waals surface area contributed by atoms with Crippen LogP contribution in [0.15, 0.2) is 48.7 Å². The van der Waals surface area contributed by atoms with Crippen LogP contribution in [0.2, 0.25) is 5.02 Å². The summed E-state index contributed by atoms with van der Waals surface area (Å²) < 4.78 is 5.32. The van der Waals surface area contributed by atoms with Crippen LogP contribution >= 0.6 is 11.6 Å². The highest BCUT2D eigenvalue weighted by Crippen LogP contribution is 2.14. The highest BCUT2D eigenvalue weighted by Gasteiger charge is 2.01. The Morgan fingerprint density at radius 3 is 2.68 bits per heavy atom. The number of nitrogens with one attached hydrogen (secondary N) is 2. The van der Waals surface area contributed by atoms with Gasteiger partial charge in [-0.3, -0.25) is 5.32 Å². The van der Waals surface area contributed by atoms with Gasteiger partial charge in [-0.25, -0.2) is 9.78 Å². The first kappa shape index (κ1) is 13.2. The van der Waals surface area contributed by atoms with Crippen molar-refractivity contribution < 1.29 is 9.53 Å². The van der Waals surface area contributed by atoms with E-state index < -0.39 is 0 Å². The number of hydrogen-bond acceptors (Lipinski definition) is 3. The lowest BCUT2D eigenvalue weighted by atomic mass is 10.3. The average molecular weight is 278 g/mol. The second-order valence-corrected chi connectivity index (χ2v) is 4.02. The van der Waals surface area contributed by atoms with Crippen LogP contribution < -0.4 is 15.4 Å². The number of anilines is 1. The normalized spacial score (nSPS) is 9.74. The highest BCUT2D eigenvalue weighted by atomic mass is 35.5. The summed E-state index contributed by atoms with van der Waals surface area (Å²) in [6.45, 7) is 0.0559. The fraction of sp³-hybridized carbons (Fsp3) is 0.0769. The van der Waals surface area contributed by atoms with Gasteiger partial charge in [0.25, 0.3) is 0 Å². The Bertz CT molecular complexity index is 531. The van der Waals surface area contributed by atoms with Gasteiger partial charge in [0.2, 0.25) is 0 Å². The van der Waals surface area contributed by atoms with Gasteiger partial charge < -0.3 is 10.1 Å². The molecule has 2 N–H and O–H groups in total. The Kier molecular flexibility index (Phi) is 4.58. The van der Waals surface area contributed by atoms with Crippen molar-refractivity contribution in [3.8, 4) is 5.75 Å². The van der Waals surface area contributed by atoms with Gasteiger partial charge >= 0.3 is 6.03 Å². The van der Waals surface area contributed by atoms with Crippen molar-refractivity contribution in [1.29, 1.82) is 0 Å². The van der Waals surface area contributed by atoms with E-state index >= 15 is 0 Å². The predicted molar refractivity (Wildman–Crippen MR) is 73.3 cm³/mol. The van der Waals surface area contributed by atoms with Gasteiger partial charge in [0.15, 0.2) is 6.73 Å². The van der Waals surface area contributed by atoms with Crippen molar-refractivity contribution in [2.75, 3.05) is 12.0 Å². The van der Waals surface area contributed by atoms with Gasteiger partial charge in [-0.15, -0.1) is 0 Å². The second kappa shape index (κ2) is 6.61. The second-order valence-electron chi connectivity index (χ2n) is 3.59. The molecule has 0 fully saturated rings. The first-order valence-corrected chi connectivity index (χ1v) is 5.96. The highest BCUT2D eigenvalue weighted by molar-refractivity contribution is 6.30. The molecule has 0 radical (unpaired) electrons. The lowest BCUT2D eigenvalue weighted by Gasteiger charge is -2.08. The largest absolute Gasteiger partial charge is 0.473 e. The minimum atomic E-state index is -0.382. The van der Waals surface area contributed by atoms with E-state index in [1.807, 2.05) is 0 Å². The number of urea groups is 1. The van der Waals surface area contributed by atoms with Crippen LogP contribution in [0.1, 0.15) is 0 Å². The topological polar surface area (TPSA) is 63.2 Å². The maximum absolute atomic E-state index is 11.5. The van der Waals surface area contributed by atoms with Crippen LogP contribution in [0.25, 0.3) is 0 Å². The molecule has 0 saturated heterocycles. The van der Waals surface area contributed by atoms with Gasteiger partial charge in [0.1, 0.15) is 11.6 Å². The molecule has 19 heavy (non-hydrogen) atoms. The number of carbonyl (C=O) groups is 1. The van der Waals surface area contributed by atoms with Crippen molar-refractivity contribution in [3.63, 3.8) is 0 Å². The lowest BCUT2D eigenvalue weighted by Crippen LogP contribution is -2.32. The molecule has 2 rings (SSSR count). The van der Waals surface area contributed by atoms with E-state index in [0.29, 0.717) is 16.6 Å². The summed E-state index contributed by atoms with van der Waals surface area (Å²) in [7, 11) is 0. The molecule has 6 heteroatoms. The van der Waals surface area contributed by atoms with Crippen LogP contribution in [0.5, 0.6) is 5.75 Å². The molecule has 2 amide bonds. The SMILES string of the molecule is O=C(NCOc1ccc(Cl)cc1)Nc1ccccn1. The zero-order valence-corrected chi connectivity index (χ0v) is 10.7. The Morgan fingerprint density at radius 2 is 2.00 bits per heavy atom. The van der Waals surface area contributed by atoms with Crippen molar-refractivity contribution in [1.82, 2.24) is 10.3 Å². The molecule has 98 valence electrons. The first-order chi connectivity index (χ1) is 9.24. The number of halogens is 1. The molecule has 0 aliphatic carbocycles. The van der Waals surface area contributed by atoms with Gasteiger partial charge in [-0.05, 0) is 36.4 Å². The summed E-state index contributed by atoms with van der Waals surface area (Å²) in [6.07, 6.45) is 1.60. The van der Waals surface area contributed by atoms with Crippen LogP contribution in [0, 0.1) is 0 Å². The Morgan fingerprint density at radius 1 is 1.21 bits per heavy atom.